The fourth-order valence-corrected chi connectivity index (χ4v) is 3.56. The number of piperazine rings is 1. The first-order valence-corrected chi connectivity index (χ1v) is 10.9. The minimum absolute atomic E-state index is 0.000546. The lowest BCUT2D eigenvalue weighted by molar-refractivity contribution is 0.260. The highest BCUT2D eigenvalue weighted by Gasteiger charge is 2.20. The SMILES string of the molecule is CCNC(=NCC(C)(C)c1ccccc1)NCCN1CCN(c2ncccn2)CC1. The van der Waals surface area contributed by atoms with Crippen molar-refractivity contribution in [2.24, 2.45) is 4.99 Å². The van der Waals surface area contributed by atoms with Gasteiger partial charge in [0.2, 0.25) is 5.95 Å². The highest BCUT2D eigenvalue weighted by atomic mass is 15.3. The van der Waals surface area contributed by atoms with Gasteiger partial charge in [0.25, 0.3) is 0 Å². The summed E-state index contributed by atoms with van der Waals surface area (Å²) in [4.78, 5) is 18.3. The molecule has 2 N–H and O–H groups in total. The van der Waals surface area contributed by atoms with Crippen LogP contribution in [0.25, 0.3) is 0 Å². The van der Waals surface area contributed by atoms with E-state index in [-0.39, 0.29) is 5.41 Å². The van der Waals surface area contributed by atoms with E-state index in [4.69, 9.17) is 4.99 Å². The van der Waals surface area contributed by atoms with Gasteiger partial charge in [0.15, 0.2) is 5.96 Å². The number of aromatic nitrogens is 2. The monoisotopic (exact) mass is 409 g/mol. The number of rotatable bonds is 8. The van der Waals surface area contributed by atoms with E-state index in [0.717, 1.165) is 64.3 Å². The fourth-order valence-electron chi connectivity index (χ4n) is 3.56. The molecule has 1 saturated heterocycles. The smallest absolute Gasteiger partial charge is 0.225 e. The number of benzene rings is 1. The summed E-state index contributed by atoms with van der Waals surface area (Å²) in [6.45, 7) is 14.0. The molecule has 0 spiro atoms. The third-order valence-electron chi connectivity index (χ3n) is 5.46. The summed E-state index contributed by atoms with van der Waals surface area (Å²) >= 11 is 0. The largest absolute Gasteiger partial charge is 0.357 e. The predicted molar refractivity (Wildman–Crippen MR) is 124 cm³/mol. The zero-order valence-corrected chi connectivity index (χ0v) is 18.5. The molecule has 30 heavy (non-hydrogen) atoms. The number of hydrogen-bond acceptors (Lipinski definition) is 5. The molecule has 0 aliphatic carbocycles. The van der Waals surface area contributed by atoms with E-state index in [0.29, 0.717) is 0 Å². The first kappa shape index (κ1) is 22.0. The van der Waals surface area contributed by atoms with Crippen LogP contribution in [-0.2, 0) is 5.41 Å². The Hall–Kier alpha value is -2.67. The standard InChI is InChI=1S/C23H35N7/c1-4-24-21(28-19-23(2,3)20-9-6-5-7-10-20)25-13-14-29-15-17-30(18-16-29)22-26-11-8-12-27-22/h5-12H,4,13-19H2,1-3H3,(H2,24,25,28). The zero-order valence-electron chi connectivity index (χ0n) is 18.5. The molecule has 7 nitrogen and oxygen atoms in total. The van der Waals surface area contributed by atoms with Gasteiger partial charge in [-0.1, -0.05) is 44.2 Å². The molecule has 1 fully saturated rings. The minimum atomic E-state index is -0.000546. The van der Waals surface area contributed by atoms with E-state index in [2.05, 4.69) is 81.5 Å². The van der Waals surface area contributed by atoms with E-state index < -0.39 is 0 Å². The lowest BCUT2D eigenvalue weighted by atomic mass is 9.85. The number of nitrogens with one attached hydrogen (secondary N) is 2. The molecule has 2 aromatic rings. The van der Waals surface area contributed by atoms with Gasteiger partial charge in [-0.05, 0) is 18.6 Å². The molecule has 3 rings (SSSR count). The predicted octanol–water partition coefficient (Wildman–Crippen LogP) is 2.13. The van der Waals surface area contributed by atoms with Crippen LogP contribution in [0.15, 0.2) is 53.8 Å². The Labute approximate surface area is 180 Å². The molecule has 1 aliphatic rings. The Morgan fingerprint density at radius 3 is 2.37 bits per heavy atom. The molecular weight excluding hydrogens is 374 g/mol. The molecule has 1 aliphatic heterocycles. The van der Waals surface area contributed by atoms with Gasteiger partial charge in [0.05, 0.1) is 6.54 Å². The molecule has 0 unspecified atom stereocenters. The molecule has 0 amide bonds. The third kappa shape index (κ3) is 6.42. The molecule has 1 aromatic heterocycles. The van der Waals surface area contributed by atoms with Gasteiger partial charge in [-0.3, -0.25) is 9.89 Å². The summed E-state index contributed by atoms with van der Waals surface area (Å²) in [5.41, 5.74) is 1.31. The Morgan fingerprint density at radius 2 is 1.70 bits per heavy atom. The number of guanidine groups is 1. The van der Waals surface area contributed by atoms with E-state index in [1.807, 2.05) is 6.07 Å². The molecule has 7 heteroatoms. The molecule has 2 heterocycles. The van der Waals surface area contributed by atoms with Crippen molar-refractivity contribution in [1.82, 2.24) is 25.5 Å². The highest BCUT2D eigenvalue weighted by Crippen LogP contribution is 2.22. The van der Waals surface area contributed by atoms with Gasteiger partial charge < -0.3 is 15.5 Å². The Balaban J connectivity index is 1.44. The van der Waals surface area contributed by atoms with Crippen molar-refractivity contribution in [1.29, 1.82) is 0 Å². The summed E-state index contributed by atoms with van der Waals surface area (Å²) in [6, 6.07) is 12.4. The number of anilines is 1. The van der Waals surface area contributed by atoms with Crippen molar-refractivity contribution in [3.8, 4) is 0 Å². The first-order chi connectivity index (χ1) is 14.6. The van der Waals surface area contributed by atoms with Gasteiger partial charge in [-0.25, -0.2) is 9.97 Å². The summed E-state index contributed by atoms with van der Waals surface area (Å²) in [5, 5.41) is 6.86. The van der Waals surface area contributed by atoms with Crippen LogP contribution in [-0.4, -0.2) is 73.2 Å². The maximum atomic E-state index is 4.85. The van der Waals surface area contributed by atoms with Crippen molar-refractivity contribution in [3.63, 3.8) is 0 Å². The number of hydrogen-bond donors (Lipinski definition) is 2. The topological polar surface area (TPSA) is 68.7 Å². The van der Waals surface area contributed by atoms with E-state index >= 15 is 0 Å². The van der Waals surface area contributed by atoms with Crippen LogP contribution in [0.4, 0.5) is 5.95 Å². The van der Waals surface area contributed by atoms with Gasteiger partial charge >= 0.3 is 0 Å². The van der Waals surface area contributed by atoms with Crippen LogP contribution < -0.4 is 15.5 Å². The molecule has 1 aromatic carbocycles. The van der Waals surface area contributed by atoms with Crippen LogP contribution >= 0.6 is 0 Å². The number of nitrogens with zero attached hydrogens (tertiary/aromatic N) is 5. The lowest BCUT2D eigenvalue weighted by Gasteiger charge is -2.34. The molecule has 0 bridgehead atoms. The van der Waals surface area contributed by atoms with E-state index in [9.17, 15) is 0 Å². The van der Waals surface area contributed by atoms with Crippen molar-refractivity contribution in [2.45, 2.75) is 26.2 Å². The summed E-state index contributed by atoms with van der Waals surface area (Å²) < 4.78 is 0. The molecule has 0 radical (unpaired) electrons. The average Bonchev–Trinajstić information content (AvgIpc) is 2.79. The van der Waals surface area contributed by atoms with Crippen molar-refractivity contribution < 1.29 is 0 Å². The minimum Gasteiger partial charge on any atom is -0.357 e. The fraction of sp³-hybridized carbons (Fsp3) is 0.522. The van der Waals surface area contributed by atoms with Gasteiger partial charge in [-0.2, -0.15) is 0 Å². The molecule has 162 valence electrons. The Morgan fingerprint density at radius 1 is 1.00 bits per heavy atom. The summed E-state index contributed by atoms with van der Waals surface area (Å²) in [5.74, 6) is 1.72. The van der Waals surface area contributed by atoms with Crippen LogP contribution in [0, 0.1) is 0 Å². The third-order valence-corrected chi connectivity index (χ3v) is 5.46. The average molecular weight is 410 g/mol. The van der Waals surface area contributed by atoms with Crippen LogP contribution in [0.3, 0.4) is 0 Å². The van der Waals surface area contributed by atoms with Crippen molar-refractivity contribution >= 4 is 11.9 Å². The second kappa shape index (κ2) is 10.9. The molecular formula is C23H35N7. The normalized spacial score (nSPS) is 15.8. The van der Waals surface area contributed by atoms with Crippen LogP contribution in [0.5, 0.6) is 0 Å². The van der Waals surface area contributed by atoms with Crippen LogP contribution in [0.1, 0.15) is 26.3 Å². The summed E-state index contributed by atoms with van der Waals surface area (Å²) in [6.07, 6.45) is 3.61. The van der Waals surface area contributed by atoms with E-state index in [1.54, 1.807) is 12.4 Å². The Kier molecular flexibility index (Phi) is 8.02. The van der Waals surface area contributed by atoms with Gasteiger partial charge in [-0.15, -0.1) is 0 Å². The maximum absolute atomic E-state index is 4.85. The highest BCUT2D eigenvalue weighted by molar-refractivity contribution is 5.79. The molecule has 0 atom stereocenters. The first-order valence-electron chi connectivity index (χ1n) is 10.9. The van der Waals surface area contributed by atoms with Gasteiger partial charge in [0.1, 0.15) is 0 Å². The second-order valence-corrected chi connectivity index (χ2v) is 8.25. The Bertz CT molecular complexity index is 769. The van der Waals surface area contributed by atoms with Crippen molar-refractivity contribution in [2.75, 3.05) is 57.3 Å². The number of aliphatic imine (C=N–C) groups is 1. The van der Waals surface area contributed by atoms with Crippen molar-refractivity contribution in [3.05, 3.63) is 54.4 Å². The van der Waals surface area contributed by atoms with Crippen LogP contribution in [0.2, 0.25) is 0 Å². The second-order valence-electron chi connectivity index (χ2n) is 8.25. The molecule has 0 saturated carbocycles. The van der Waals surface area contributed by atoms with Gasteiger partial charge in [0, 0.05) is 63.6 Å². The quantitative estimate of drug-likeness (QED) is 0.514. The zero-order chi connectivity index (χ0) is 21.2. The lowest BCUT2D eigenvalue weighted by Crippen LogP contribution is -2.49. The summed E-state index contributed by atoms with van der Waals surface area (Å²) in [7, 11) is 0. The maximum Gasteiger partial charge on any atom is 0.225 e. The van der Waals surface area contributed by atoms with E-state index in [1.165, 1.54) is 5.56 Å².